The molecule has 1 aromatic heterocycles. The van der Waals surface area contributed by atoms with Crippen LogP contribution >= 0.6 is 11.6 Å². The predicted molar refractivity (Wildman–Crippen MR) is 105 cm³/mol. The third-order valence-electron chi connectivity index (χ3n) is 4.88. The third-order valence-corrected chi connectivity index (χ3v) is 5.12. The molecule has 1 amide bonds. The van der Waals surface area contributed by atoms with E-state index in [1.807, 2.05) is 29.2 Å². The number of aromatic nitrogens is 2. The molecule has 1 saturated heterocycles. The maximum Gasteiger partial charge on any atom is 0.219 e. The molecule has 3 aromatic rings. The molecule has 134 valence electrons. The van der Waals surface area contributed by atoms with Crippen molar-refractivity contribution < 1.29 is 4.79 Å². The van der Waals surface area contributed by atoms with E-state index in [9.17, 15) is 4.79 Å². The summed E-state index contributed by atoms with van der Waals surface area (Å²) >= 11 is 6.17. The number of hydrogen-bond donors (Lipinski definition) is 0. The van der Waals surface area contributed by atoms with Crippen molar-refractivity contribution in [3.8, 4) is 0 Å². The molecule has 1 fully saturated rings. The lowest BCUT2D eigenvalue weighted by atomic mass is 10.2. The molecule has 0 saturated carbocycles. The molecule has 26 heavy (non-hydrogen) atoms. The largest absolute Gasteiger partial charge is 0.339 e. The Morgan fingerprint density at radius 1 is 1.08 bits per heavy atom. The Kier molecular flexibility index (Phi) is 4.55. The van der Waals surface area contributed by atoms with Gasteiger partial charge in [0.05, 0.1) is 17.6 Å². The maximum atomic E-state index is 11.6. The number of anilines is 1. The van der Waals surface area contributed by atoms with E-state index in [2.05, 4.69) is 33.7 Å². The van der Waals surface area contributed by atoms with E-state index in [0.29, 0.717) is 5.02 Å². The molecule has 2 aromatic carbocycles. The lowest BCUT2D eigenvalue weighted by Gasteiger charge is -2.35. The number of nitrogens with zero attached hydrogens (tertiary/aromatic N) is 4. The van der Waals surface area contributed by atoms with E-state index < -0.39 is 0 Å². The molecular weight excluding hydrogens is 348 g/mol. The topological polar surface area (TPSA) is 41.4 Å². The summed E-state index contributed by atoms with van der Waals surface area (Å²) in [6.07, 6.45) is 0. The van der Waals surface area contributed by atoms with Crippen LogP contribution in [0.4, 0.5) is 5.95 Å². The van der Waals surface area contributed by atoms with Gasteiger partial charge in [0.25, 0.3) is 0 Å². The molecule has 2 heterocycles. The van der Waals surface area contributed by atoms with Crippen LogP contribution in [0.5, 0.6) is 0 Å². The van der Waals surface area contributed by atoms with Crippen molar-refractivity contribution in [3.05, 3.63) is 59.1 Å². The predicted octanol–water partition coefficient (Wildman–Crippen LogP) is 3.41. The van der Waals surface area contributed by atoms with Gasteiger partial charge in [-0.05, 0) is 23.8 Å². The summed E-state index contributed by atoms with van der Waals surface area (Å²) in [5.74, 6) is 1.07. The average Bonchev–Trinajstić information content (AvgIpc) is 3.00. The van der Waals surface area contributed by atoms with Crippen LogP contribution in [0.1, 0.15) is 12.5 Å². The Hall–Kier alpha value is -2.53. The van der Waals surface area contributed by atoms with Crippen LogP contribution in [-0.4, -0.2) is 46.5 Å². The molecule has 1 aliphatic heterocycles. The van der Waals surface area contributed by atoms with Crippen LogP contribution in [0.2, 0.25) is 5.02 Å². The van der Waals surface area contributed by atoms with Gasteiger partial charge in [0.1, 0.15) is 0 Å². The lowest BCUT2D eigenvalue weighted by molar-refractivity contribution is -0.129. The van der Waals surface area contributed by atoms with Crippen molar-refractivity contribution in [1.82, 2.24) is 14.5 Å². The number of carbonyl (C=O) groups is 1. The summed E-state index contributed by atoms with van der Waals surface area (Å²) in [6, 6.07) is 16.2. The van der Waals surface area contributed by atoms with Crippen molar-refractivity contribution in [1.29, 1.82) is 0 Å². The first-order chi connectivity index (χ1) is 12.6. The Bertz CT molecular complexity index is 930. The standard InChI is InChI=1S/C20H21ClN4O/c1-15(26)23-9-11-24(12-10-23)20-22-18-13-17(21)7-8-19(18)25(20)14-16-5-3-2-4-6-16/h2-8,13H,9-12,14H2,1H3. The molecule has 0 spiro atoms. The van der Waals surface area contributed by atoms with Gasteiger partial charge in [0.15, 0.2) is 0 Å². The van der Waals surface area contributed by atoms with Crippen LogP contribution in [-0.2, 0) is 11.3 Å². The number of imidazole rings is 1. The fraction of sp³-hybridized carbons (Fsp3) is 0.300. The summed E-state index contributed by atoms with van der Waals surface area (Å²) in [5.41, 5.74) is 3.20. The van der Waals surface area contributed by atoms with Crippen molar-refractivity contribution in [2.75, 3.05) is 31.1 Å². The Balaban J connectivity index is 1.71. The average molecular weight is 369 g/mol. The molecule has 5 nitrogen and oxygen atoms in total. The molecule has 0 unspecified atom stereocenters. The number of amides is 1. The van der Waals surface area contributed by atoms with Crippen molar-refractivity contribution in [2.24, 2.45) is 0 Å². The first kappa shape index (κ1) is 16.9. The van der Waals surface area contributed by atoms with Crippen LogP contribution in [0.15, 0.2) is 48.5 Å². The van der Waals surface area contributed by atoms with Crippen LogP contribution < -0.4 is 4.90 Å². The molecule has 6 heteroatoms. The van der Waals surface area contributed by atoms with Crippen molar-refractivity contribution in [3.63, 3.8) is 0 Å². The molecule has 0 radical (unpaired) electrons. The zero-order valence-electron chi connectivity index (χ0n) is 14.7. The molecule has 0 atom stereocenters. The second-order valence-corrected chi connectivity index (χ2v) is 7.05. The molecular formula is C20H21ClN4O. The van der Waals surface area contributed by atoms with E-state index in [-0.39, 0.29) is 5.91 Å². The summed E-state index contributed by atoms with van der Waals surface area (Å²) in [4.78, 5) is 20.6. The highest BCUT2D eigenvalue weighted by Gasteiger charge is 2.23. The highest BCUT2D eigenvalue weighted by molar-refractivity contribution is 6.31. The van der Waals surface area contributed by atoms with Gasteiger partial charge in [-0.1, -0.05) is 41.9 Å². The second-order valence-electron chi connectivity index (χ2n) is 6.61. The third kappa shape index (κ3) is 3.27. The van der Waals surface area contributed by atoms with Gasteiger partial charge in [0, 0.05) is 38.1 Å². The van der Waals surface area contributed by atoms with Gasteiger partial charge >= 0.3 is 0 Å². The minimum Gasteiger partial charge on any atom is -0.339 e. The van der Waals surface area contributed by atoms with E-state index >= 15 is 0 Å². The molecule has 0 N–H and O–H groups in total. The van der Waals surface area contributed by atoms with Gasteiger partial charge in [-0.3, -0.25) is 4.79 Å². The summed E-state index contributed by atoms with van der Waals surface area (Å²) < 4.78 is 2.24. The SMILES string of the molecule is CC(=O)N1CCN(c2nc3cc(Cl)ccc3n2Cc2ccccc2)CC1. The van der Waals surface area contributed by atoms with Crippen molar-refractivity contribution in [2.45, 2.75) is 13.5 Å². The lowest BCUT2D eigenvalue weighted by Crippen LogP contribution is -2.48. The minimum absolute atomic E-state index is 0.134. The van der Waals surface area contributed by atoms with E-state index in [1.165, 1.54) is 5.56 Å². The Morgan fingerprint density at radius 3 is 2.50 bits per heavy atom. The first-order valence-corrected chi connectivity index (χ1v) is 9.20. The summed E-state index contributed by atoms with van der Waals surface area (Å²) in [5, 5.41) is 0.690. The number of halogens is 1. The van der Waals surface area contributed by atoms with Crippen LogP contribution in [0, 0.1) is 0 Å². The van der Waals surface area contributed by atoms with Gasteiger partial charge < -0.3 is 14.4 Å². The molecule has 1 aliphatic rings. The fourth-order valence-corrected chi connectivity index (χ4v) is 3.64. The second kappa shape index (κ2) is 7.00. The quantitative estimate of drug-likeness (QED) is 0.711. The van der Waals surface area contributed by atoms with Gasteiger partial charge in [-0.15, -0.1) is 0 Å². The molecule has 0 bridgehead atoms. The number of hydrogen-bond acceptors (Lipinski definition) is 3. The van der Waals surface area contributed by atoms with E-state index in [1.54, 1.807) is 6.92 Å². The first-order valence-electron chi connectivity index (χ1n) is 8.82. The number of rotatable bonds is 3. The zero-order valence-corrected chi connectivity index (χ0v) is 15.5. The number of carbonyl (C=O) groups excluding carboxylic acids is 1. The Morgan fingerprint density at radius 2 is 1.81 bits per heavy atom. The monoisotopic (exact) mass is 368 g/mol. The number of fused-ring (bicyclic) bond motifs is 1. The van der Waals surface area contributed by atoms with E-state index in [4.69, 9.17) is 16.6 Å². The molecule has 0 aliphatic carbocycles. The maximum absolute atomic E-state index is 11.6. The van der Waals surface area contributed by atoms with Gasteiger partial charge in [-0.2, -0.15) is 0 Å². The van der Waals surface area contributed by atoms with Crippen LogP contribution in [0.25, 0.3) is 11.0 Å². The normalized spacial score (nSPS) is 14.8. The fourth-order valence-electron chi connectivity index (χ4n) is 3.47. The Labute approximate surface area is 157 Å². The zero-order chi connectivity index (χ0) is 18.1. The van der Waals surface area contributed by atoms with Gasteiger partial charge in [-0.25, -0.2) is 4.98 Å². The highest BCUT2D eigenvalue weighted by Crippen LogP contribution is 2.27. The van der Waals surface area contributed by atoms with Crippen LogP contribution in [0.3, 0.4) is 0 Å². The smallest absolute Gasteiger partial charge is 0.219 e. The highest BCUT2D eigenvalue weighted by atomic mass is 35.5. The molecule has 4 rings (SSSR count). The summed E-state index contributed by atoms with van der Waals surface area (Å²) in [7, 11) is 0. The summed E-state index contributed by atoms with van der Waals surface area (Å²) in [6.45, 7) is 5.40. The van der Waals surface area contributed by atoms with Gasteiger partial charge in [0.2, 0.25) is 11.9 Å². The van der Waals surface area contributed by atoms with E-state index in [0.717, 1.165) is 49.7 Å². The minimum atomic E-state index is 0.134. The number of benzene rings is 2. The number of piperazine rings is 1. The van der Waals surface area contributed by atoms with Crippen molar-refractivity contribution >= 4 is 34.5 Å².